The molecule has 1 amide bonds. The molecule has 1 saturated heterocycles. The number of aliphatic carboxylic acids is 1. The number of alkyl halides is 6. The van der Waals surface area contributed by atoms with Crippen molar-refractivity contribution in [1.29, 1.82) is 0 Å². The number of halogens is 6. The summed E-state index contributed by atoms with van der Waals surface area (Å²) in [5, 5.41) is 11.0. The molecule has 0 radical (unpaired) electrons. The largest absolute Gasteiger partial charge is 0.481 e. The average molecular weight is 685 g/mol. The van der Waals surface area contributed by atoms with Crippen molar-refractivity contribution in [3.8, 4) is 10.6 Å². The summed E-state index contributed by atoms with van der Waals surface area (Å²) in [6, 6.07) is 3.98. The quantitative estimate of drug-likeness (QED) is 0.214. The normalized spacial score (nSPS) is 22.0. The Labute approximate surface area is 271 Å². The molecule has 1 unspecified atom stereocenters. The predicted molar refractivity (Wildman–Crippen MR) is 162 cm³/mol. The van der Waals surface area contributed by atoms with Gasteiger partial charge in [0.15, 0.2) is 5.82 Å². The van der Waals surface area contributed by atoms with Crippen LogP contribution in [0.15, 0.2) is 41.9 Å². The van der Waals surface area contributed by atoms with E-state index in [-0.39, 0.29) is 30.9 Å². The van der Waals surface area contributed by atoms with Crippen molar-refractivity contribution >= 4 is 29.2 Å². The average Bonchev–Trinajstić information content (AvgIpc) is 3.64. The van der Waals surface area contributed by atoms with E-state index >= 15 is 0 Å². The van der Waals surface area contributed by atoms with Crippen LogP contribution in [-0.2, 0) is 28.4 Å². The summed E-state index contributed by atoms with van der Waals surface area (Å²) in [5.74, 6) is 0.108. The van der Waals surface area contributed by atoms with Gasteiger partial charge in [-0.05, 0) is 86.6 Å². The molecular weight excluding hydrogens is 650 g/mol. The summed E-state index contributed by atoms with van der Waals surface area (Å²) in [6.07, 6.45) is -7.32. The zero-order valence-corrected chi connectivity index (χ0v) is 26.5. The van der Waals surface area contributed by atoms with Crippen molar-refractivity contribution in [2.75, 3.05) is 18.0 Å². The highest BCUT2D eigenvalue weighted by atomic mass is 32.1. The number of carbonyl (C=O) groups excluding carboxylic acids is 1. The lowest BCUT2D eigenvalue weighted by molar-refractivity contribution is -0.143. The van der Waals surface area contributed by atoms with Crippen molar-refractivity contribution in [2.24, 2.45) is 11.8 Å². The first-order valence-corrected chi connectivity index (χ1v) is 16.1. The van der Waals surface area contributed by atoms with Gasteiger partial charge < -0.3 is 14.7 Å². The summed E-state index contributed by atoms with van der Waals surface area (Å²) in [6.45, 7) is 4.46. The van der Waals surface area contributed by atoms with E-state index < -0.39 is 53.3 Å². The molecule has 1 aliphatic heterocycles. The van der Waals surface area contributed by atoms with E-state index in [2.05, 4.69) is 0 Å². The third-order valence-electron chi connectivity index (χ3n) is 8.84. The Morgan fingerprint density at radius 1 is 1.06 bits per heavy atom. The number of rotatable bonds is 10. The molecule has 47 heavy (non-hydrogen) atoms. The van der Waals surface area contributed by atoms with E-state index in [4.69, 9.17) is 19.8 Å². The Morgan fingerprint density at radius 2 is 1.70 bits per heavy atom. The van der Waals surface area contributed by atoms with Gasteiger partial charge in [0.25, 0.3) is 0 Å². The van der Waals surface area contributed by atoms with Crippen LogP contribution in [0.25, 0.3) is 10.6 Å². The summed E-state index contributed by atoms with van der Waals surface area (Å²) in [7, 11) is 0. The molecule has 1 N–H and O–H groups in total. The number of thiophene rings is 1. The molecule has 2 fully saturated rings. The molecule has 0 spiro atoms. The van der Waals surface area contributed by atoms with Crippen LogP contribution in [0.5, 0.6) is 0 Å². The number of hydrogen-bond donors (Lipinski definition) is 1. The molecule has 3 heterocycles. The summed E-state index contributed by atoms with van der Waals surface area (Å²) < 4.78 is 86.9. The lowest BCUT2D eigenvalue weighted by Crippen LogP contribution is -2.36. The van der Waals surface area contributed by atoms with Crippen LogP contribution in [0.2, 0.25) is 0 Å². The highest BCUT2D eigenvalue weighted by Gasteiger charge is 2.44. The van der Waals surface area contributed by atoms with Gasteiger partial charge in [-0.3, -0.25) is 9.69 Å². The van der Waals surface area contributed by atoms with Gasteiger partial charge in [-0.2, -0.15) is 26.3 Å². The van der Waals surface area contributed by atoms with Crippen molar-refractivity contribution in [3.05, 3.63) is 64.3 Å². The van der Waals surface area contributed by atoms with Crippen LogP contribution in [-0.4, -0.2) is 51.2 Å². The number of carboxylic acids is 1. The smallest absolute Gasteiger partial charge is 0.416 e. The topological polar surface area (TPSA) is 95.9 Å². The lowest BCUT2D eigenvalue weighted by Gasteiger charge is -2.33. The molecule has 2 atom stereocenters. The van der Waals surface area contributed by atoms with Crippen molar-refractivity contribution in [1.82, 2.24) is 14.9 Å². The summed E-state index contributed by atoms with van der Waals surface area (Å²) in [5.41, 5.74) is -2.44. The molecule has 1 aromatic carbocycles. The Balaban J connectivity index is 1.43. The Kier molecular flexibility index (Phi) is 10.0. The fourth-order valence-electron chi connectivity index (χ4n) is 6.34. The molecule has 2 aromatic heterocycles. The summed E-state index contributed by atoms with van der Waals surface area (Å²) in [4.78, 5) is 38.0. The van der Waals surface area contributed by atoms with Gasteiger partial charge in [-0.15, -0.1) is 11.3 Å². The minimum Gasteiger partial charge on any atom is -0.481 e. The Hall–Kier alpha value is -3.88. The Bertz CT molecular complexity index is 1540. The minimum atomic E-state index is -5.05. The maximum atomic E-state index is 13.6. The van der Waals surface area contributed by atoms with Crippen LogP contribution >= 0.6 is 11.3 Å². The van der Waals surface area contributed by atoms with E-state index in [1.54, 1.807) is 6.20 Å². The van der Waals surface area contributed by atoms with E-state index in [9.17, 15) is 35.9 Å². The van der Waals surface area contributed by atoms with Crippen LogP contribution in [0.1, 0.15) is 74.4 Å². The van der Waals surface area contributed by atoms with E-state index in [1.807, 2.05) is 29.3 Å². The van der Waals surface area contributed by atoms with E-state index in [0.29, 0.717) is 42.4 Å². The maximum Gasteiger partial charge on any atom is 0.416 e. The second-order valence-corrected chi connectivity index (χ2v) is 13.0. The second kappa shape index (κ2) is 13.7. The number of benzene rings is 1. The van der Waals surface area contributed by atoms with Crippen LogP contribution in [0, 0.1) is 11.8 Å². The number of aromatic nitrogens is 2. The number of anilines is 1. The number of nitrogens with zero attached hydrogens (tertiary/aromatic N) is 4. The van der Waals surface area contributed by atoms with Gasteiger partial charge in [0, 0.05) is 19.5 Å². The van der Waals surface area contributed by atoms with Crippen LogP contribution < -0.4 is 4.90 Å². The van der Waals surface area contributed by atoms with Gasteiger partial charge in [-0.1, -0.05) is 6.07 Å². The first kappa shape index (κ1) is 34.5. The Morgan fingerprint density at radius 3 is 2.26 bits per heavy atom. The van der Waals surface area contributed by atoms with Crippen LogP contribution in [0.3, 0.4) is 0 Å². The van der Waals surface area contributed by atoms with Gasteiger partial charge in [0.2, 0.25) is 0 Å². The molecule has 2 aliphatic rings. The van der Waals surface area contributed by atoms with Gasteiger partial charge >= 0.3 is 24.4 Å². The third-order valence-corrected chi connectivity index (χ3v) is 9.73. The molecule has 15 heteroatoms. The van der Waals surface area contributed by atoms with Gasteiger partial charge in [0.1, 0.15) is 11.8 Å². The lowest BCUT2D eigenvalue weighted by atomic mass is 9.80. The number of cyclic esters (lactones) is 1. The molecular formula is C32H34F6N4O4S. The molecule has 1 saturated carbocycles. The molecule has 254 valence electrons. The van der Waals surface area contributed by atoms with Crippen molar-refractivity contribution in [2.45, 2.75) is 77.0 Å². The van der Waals surface area contributed by atoms with E-state index in [1.165, 1.54) is 23.2 Å². The fraction of sp³-hybridized carbons (Fsp3) is 0.500. The highest BCUT2D eigenvalue weighted by Crippen LogP contribution is 2.41. The molecule has 3 aromatic rings. The van der Waals surface area contributed by atoms with Gasteiger partial charge in [0.05, 0.1) is 40.5 Å². The summed E-state index contributed by atoms with van der Waals surface area (Å²) >= 11 is 1.44. The van der Waals surface area contributed by atoms with Crippen LogP contribution in [0.4, 0.5) is 37.0 Å². The standard InChI is InChI=1S/C32H34F6N4O4S/c1-3-41(16-20-8-6-19(7-9-20)11-27(43)44)29-25(40-24(15-39-29)26-5-4-10-47-26)17-42-18(2)28(46-30(42)45)21-12-22(31(33,34)35)14-23(13-21)32(36,37)38/h4-5,10,12-15,18-20,28H,3,6-9,11,16-17H2,1-2H3,(H,43,44)/t18-,19?,20?,28?/m0/s1. The number of amides is 1. The molecule has 8 nitrogen and oxygen atoms in total. The zero-order chi connectivity index (χ0) is 34.1. The first-order valence-electron chi connectivity index (χ1n) is 15.3. The van der Waals surface area contributed by atoms with Gasteiger partial charge in [-0.25, -0.2) is 14.8 Å². The minimum absolute atomic E-state index is 0.0403. The number of hydrogen-bond acceptors (Lipinski definition) is 7. The number of ether oxygens (including phenoxy) is 1. The zero-order valence-electron chi connectivity index (χ0n) is 25.6. The number of carbonyl (C=O) groups is 2. The van der Waals surface area contributed by atoms with Crippen molar-refractivity contribution in [3.63, 3.8) is 0 Å². The maximum absolute atomic E-state index is 13.6. The molecule has 5 rings (SSSR count). The van der Waals surface area contributed by atoms with Crippen molar-refractivity contribution < 1.29 is 45.8 Å². The second-order valence-electron chi connectivity index (χ2n) is 12.0. The fourth-order valence-corrected chi connectivity index (χ4v) is 7.02. The SMILES string of the molecule is CCN(CC1CCC(CC(=O)O)CC1)c1ncc(-c2cccs2)nc1CN1C(=O)OC(c2cc(C(F)(F)F)cc(C(F)(F)F)c2)[C@@H]1C. The highest BCUT2D eigenvalue weighted by molar-refractivity contribution is 7.13. The molecule has 0 bridgehead atoms. The number of carboxylic acid groups (broad SMARTS) is 1. The first-order chi connectivity index (χ1) is 22.1. The monoisotopic (exact) mass is 684 g/mol. The van der Waals surface area contributed by atoms with E-state index in [0.717, 1.165) is 30.6 Å². The predicted octanol–water partition coefficient (Wildman–Crippen LogP) is 8.43. The molecule has 1 aliphatic carbocycles. The third kappa shape index (κ3) is 7.99.